The molecule has 5 rings (SSSR count). The zero-order valence-electron chi connectivity index (χ0n) is 20.4. The summed E-state index contributed by atoms with van der Waals surface area (Å²) in [7, 11) is 4.07. The van der Waals surface area contributed by atoms with E-state index in [-0.39, 0.29) is 17.3 Å². The van der Waals surface area contributed by atoms with E-state index in [0.717, 1.165) is 72.2 Å². The molecule has 1 saturated carbocycles. The summed E-state index contributed by atoms with van der Waals surface area (Å²) in [6, 6.07) is 10.1. The van der Waals surface area contributed by atoms with Gasteiger partial charge in [-0.25, -0.2) is 13.6 Å². The zero-order valence-corrected chi connectivity index (χ0v) is 20.4. The monoisotopic (exact) mass is 481 g/mol. The summed E-state index contributed by atoms with van der Waals surface area (Å²) in [5, 5.41) is 10.6. The standard InChI is InChI=1S/C28H33F2N3O2/c1-31(2)11-12-32-13-14-33-25-16-18(28(34)35)7-9-23(25)26(22-5-3-4-6-24(22)30)27(33)21-10-8-20(29)15-19(21)17-32/h7-10,15-16,22,24H,3-6,11-14,17H2,1-2H3,(H,34,35)/t22-,24-/m0/s1. The third-order valence-corrected chi connectivity index (χ3v) is 7.62. The molecule has 0 saturated heterocycles. The van der Waals surface area contributed by atoms with Crippen LogP contribution >= 0.6 is 0 Å². The number of halogens is 2. The van der Waals surface area contributed by atoms with Crippen molar-refractivity contribution < 1.29 is 18.7 Å². The Morgan fingerprint density at radius 3 is 2.66 bits per heavy atom. The van der Waals surface area contributed by atoms with Gasteiger partial charge in [-0.1, -0.05) is 18.9 Å². The van der Waals surface area contributed by atoms with E-state index in [9.17, 15) is 14.3 Å². The molecule has 2 aliphatic rings. The molecule has 1 aliphatic heterocycles. The number of alkyl halides is 1. The fourth-order valence-corrected chi connectivity index (χ4v) is 5.84. The van der Waals surface area contributed by atoms with Crippen molar-refractivity contribution >= 4 is 16.9 Å². The second-order valence-corrected chi connectivity index (χ2v) is 10.2. The van der Waals surface area contributed by atoms with Gasteiger partial charge in [0.15, 0.2) is 0 Å². The molecule has 3 aromatic rings. The number of carboxylic acid groups (broad SMARTS) is 1. The van der Waals surface area contributed by atoms with Crippen LogP contribution in [0.5, 0.6) is 0 Å². The van der Waals surface area contributed by atoms with Gasteiger partial charge in [0.1, 0.15) is 12.0 Å². The molecule has 1 fully saturated rings. The van der Waals surface area contributed by atoms with E-state index in [1.807, 2.05) is 26.2 Å². The fourth-order valence-electron chi connectivity index (χ4n) is 5.84. The average molecular weight is 482 g/mol. The second-order valence-electron chi connectivity index (χ2n) is 10.2. The summed E-state index contributed by atoms with van der Waals surface area (Å²) >= 11 is 0. The van der Waals surface area contributed by atoms with Gasteiger partial charge in [-0.15, -0.1) is 0 Å². The van der Waals surface area contributed by atoms with Gasteiger partial charge in [0, 0.05) is 55.1 Å². The van der Waals surface area contributed by atoms with Crippen molar-refractivity contribution in [3.8, 4) is 11.3 Å². The van der Waals surface area contributed by atoms with Gasteiger partial charge < -0.3 is 14.6 Å². The van der Waals surface area contributed by atoms with Gasteiger partial charge in [0.05, 0.1) is 11.3 Å². The van der Waals surface area contributed by atoms with E-state index in [1.165, 1.54) is 6.07 Å². The lowest BCUT2D eigenvalue weighted by atomic mass is 9.80. The number of nitrogens with zero attached hydrogens (tertiary/aromatic N) is 3. The molecule has 2 atom stereocenters. The third kappa shape index (κ3) is 4.59. The predicted molar refractivity (Wildman–Crippen MR) is 134 cm³/mol. The van der Waals surface area contributed by atoms with Gasteiger partial charge in [-0.2, -0.15) is 0 Å². The van der Waals surface area contributed by atoms with Crippen LogP contribution in [0.3, 0.4) is 0 Å². The molecule has 0 spiro atoms. The molecule has 0 amide bonds. The number of aromatic nitrogens is 1. The molecule has 0 radical (unpaired) electrons. The molecule has 35 heavy (non-hydrogen) atoms. The first-order chi connectivity index (χ1) is 16.8. The normalized spacial score (nSPS) is 20.9. The zero-order chi connectivity index (χ0) is 24.7. The summed E-state index contributed by atoms with van der Waals surface area (Å²) in [6.07, 6.45) is 2.22. The molecule has 186 valence electrons. The number of likely N-dealkylation sites (N-methyl/N-ethyl adjacent to an activating group) is 1. The Balaban J connectivity index is 1.75. The SMILES string of the molecule is CN(C)CCN1CCn2c(c([C@H]3CCCC[C@@H]3F)c3ccc(C(=O)O)cc32)-c2ccc(F)cc2C1. The van der Waals surface area contributed by atoms with Crippen molar-refractivity contribution in [2.45, 2.75) is 50.9 Å². The molecular formula is C28H33F2N3O2. The van der Waals surface area contributed by atoms with Crippen molar-refractivity contribution in [1.82, 2.24) is 14.4 Å². The van der Waals surface area contributed by atoms with E-state index in [0.29, 0.717) is 19.5 Å². The highest BCUT2D eigenvalue weighted by Crippen LogP contribution is 2.46. The molecule has 2 heterocycles. The lowest BCUT2D eigenvalue weighted by molar-refractivity contribution is 0.0697. The number of aromatic carboxylic acids is 1. The fraction of sp³-hybridized carbons (Fsp3) is 0.464. The van der Waals surface area contributed by atoms with Crippen molar-refractivity contribution in [3.05, 3.63) is 58.9 Å². The minimum absolute atomic E-state index is 0.218. The first-order valence-corrected chi connectivity index (χ1v) is 12.5. The minimum Gasteiger partial charge on any atom is -0.478 e. The van der Waals surface area contributed by atoms with Crippen LogP contribution in [-0.4, -0.2) is 65.3 Å². The maximum Gasteiger partial charge on any atom is 0.335 e. The van der Waals surface area contributed by atoms with Crippen LogP contribution in [0.2, 0.25) is 0 Å². The molecule has 2 aromatic carbocycles. The average Bonchev–Trinajstić information content (AvgIpc) is 3.12. The van der Waals surface area contributed by atoms with E-state index >= 15 is 4.39 Å². The molecule has 5 nitrogen and oxygen atoms in total. The van der Waals surface area contributed by atoms with E-state index in [4.69, 9.17) is 0 Å². The van der Waals surface area contributed by atoms with Crippen LogP contribution in [0, 0.1) is 5.82 Å². The maximum absolute atomic E-state index is 15.4. The van der Waals surface area contributed by atoms with Crippen molar-refractivity contribution in [3.63, 3.8) is 0 Å². The van der Waals surface area contributed by atoms with Crippen LogP contribution in [0.4, 0.5) is 8.78 Å². The highest BCUT2D eigenvalue weighted by molar-refractivity contribution is 5.98. The largest absolute Gasteiger partial charge is 0.478 e. The van der Waals surface area contributed by atoms with Crippen LogP contribution in [-0.2, 0) is 13.1 Å². The Labute approximate surface area is 204 Å². The van der Waals surface area contributed by atoms with Crippen LogP contribution < -0.4 is 0 Å². The molecule has 0 unspecified atom stereocenters. The lowest BCUT2D eigenvalue weighted by Crippen LogP contribution is -2.35. The summed E-state index contributed by atoms with van der Waals surface area (Å²) < 4.78 is 32.0. The van der Waals surface area contributed by atoms with Crippen LogP contribution in [0.1, 0.15) is 53.1 Å². The molecule has 1 N–H and O–H groups in total. The molecule has 0 bridgehead atoms. The Morgan fingerprint density at radius 2 is 1.91 bits per heavy atom. The maximum atomic E-state index is 15.4. The summed E-state index contributed by atoms with van der Waals surface area (Å²) in [5.41, 5.74) is 4.73. The Morgan fingerprint density at radius 1 is 1.11 bits per heavy atom. The Kier molecular flexibility index (Phi) is 6.64. The molecule has 1 aromatic heterocycles. The molecule has 7 heteroatoms. The van der Waals surface area contributed by atoms with Crippen molar-refractivity contribution in [2.75, 3.05) is 33.7 Å². The number of carboxylic acids is 1. The van der Waals surface area contributed by atoms with Crippen molar-refractivity contribution in [2.24, 2.45) is 0 Å². The van der Waals surface area contributed by atoms with Crippen LogP contribution in [0.25, 0.3) is 22.2 Å². The van der Waals surface area contributed by atoms with Crippen molar-refractivity contribution in [1.29, 1.82) is 0 Å². The third-order valence-electron chi connectivity index (χ3n) is 7.62. The summed E-state index contributed by atoms with van der Waals surface area (Å²) in [5.74, 6) is -1.51. The predicted octanol–water partition coefficient (Wildman–Crippen LogP) is 5.52. The molecular weight excluding hydrogens is 448 g/mol. The first-order valence-electron chi connectivity index (χ1n) is 12.5. The number of fused-ring (bicyclic) bond motifs is 5. The number of carbonyl (C=O) groups is 1. The Bertz CT molecular complexity index is 1250. The van der Waals surface area contributed by atoms with Gasteiger partial charge in [0.25, 0.3) is 0 Å². The highest BCUT2D eigenvalue weighted by atomic mass is 19.1. The quantitative estimate of drug-likeness (QED) is 0.522. The highest BCUT2D eigenvalue weighted by Gasteiger charge is 2.34. The topological polar surface area (TPSA) is 48.7 Å². The minimum atomic E-state index is -0.981. The Hall–Kier alpha value is -2.77. The smallest absolute Gasteiger partial charge is 0.335 e. The number of hydrogen-bond donors (Lipinski definition) is 1. The summed E-state index contributed by atoms with van der Waals surface area (Å²) in [6.45, 7) is 3.72. The van der Waals surface area contributed by atoms with E-state index < -0.39 is 12.1 Å². The van der Waals surface area contributed by atoms with Gasteiger partial charge in [-0.3, -0.25) is 4.90 Å². The number of benzene rings is 2. The van der Waals surface area contributed by atoms with Gasteiger partial charge in [-0.05, 0) is 68.4 Å². The first kappa shape index (κ1) is 23.9. The van der Waals surface area contributed by atoms with E-state index in [2.05, 4.69) is 14.4 Å². The van der Waals surface area contributed by atoms with Gasteiger partial charge >= 0.3 is 5.97 Å². The lowest BCUT2D eigenvalue weighted by Gasteiger charge is -2.31. The summed E-state index contributed by atoms with van der Waals surface area (Å²) in [4.78, 5) is 16.2. The van der Waals surface area contributed by atoms with Gasteiger partial charge in [0.2, 0.25) is 0 Å². The number of hydrogen-bond acceptors (Lipinski definition) is 3. The van der Waals surface area contributed by atoms with Crippen LogP contribution in [0.15, 0.2) is 36.4 Å². The number of rotatable bonds is 5. The molecule has 1 aliphatic carbocycles. The second kappa shape index (κ2) is 9.70. The van der Waals surface area contributed by atoms with E-state index in [1.54, 1.807) is 18.2 Å².